The number of hydrogen-bond donors (Lipinski definition) is 1. The zero-order chi connectivity index (χ0) is 18.6. The minimum atomic E-state index is -1.19. The van der Waals surface area contributed by atoms with E-state index in [-0.39, 0.29) is 12.1 Å². The highest BCUT2D eigenvalue weighted by Crippen LogP contribution is 2.26. The van der Waals surface area contributed by atoms with E-state index in [9.17, 15) is 23.5 Å². The van der Waals surface area contributed by atoms with Crippen molar-refractivity contribution in [3.8, 4) is 0 Å². The molecule has 25 heavy (non-hydrogen) atoms. The Balaban J connectivity index is 2.36. The second kappa shape index (κ2) is 7.88. The van der Waals surface area contributed by atoms with E-state index >= 15 is 0 Å². The lowest BCUT2D eigenvalue weighted by molar-refractivity contribution is -0.150. The minimum absolute atomic E-state index is 0.0353. The van der Waals surface area contributed by atoms with Crippen molar-refractivity contribution < 1.29 is 23.5 Å². The molecule has 0 radical (unpaired) electrons. The van der Waals surface area contributed by atoms with E-state index in [2.05, 4.69) is 0 Å². The van der Waals surface area contributed by atoms with E-state index in [1.54, 1.807) is 30.3 Å². The fourth-order valence-electron chi connectivity index (χ4n) is 2.62. The van der Waals surface area contributed by atoms with E-state index in [4.69, 9.17) is 0 Å². The molecule has 0 aliphatic heterocycles. The van der Waals surface area contributed by atoms with Crippen LogP contribution in [0.5, 0.6) is 0 Å². The van der Waals surface area contributed by atoms with Gasteiger partial charge in [0.05, 0.1) is 5.92 Å². The summed E-state index contributed by atoms with van der Waals surface area (Å²) in [4.78, 5) is 25.3. The first kappa shape index (κ1) is 18.6. The van der Waals surface area contributed by atoms with Crippen molar-refractivity contribution in [2.24, 2.45) is 0 Å². The summed E-state index contributed by atoms with van der Waals surface area (Å²) < 4.78 is 28.0. The minimum Gasteiger partial charge on any atom is -0.480 e. The Hall–Kier alpha value is -2.76. The lowest BCUT2D eigenvalue weighted by Gasteiger charge is -2.29. The van der Waals surface area contributed by atoms with Gasteiger partial charge in [-0.15, -0.1) is 0 Å². The van der Waals surface area contributed by atoms with Crippen LogP contribution in [-0.4, -0.2) is 27.9 Å². The van der Waals surface area contributed by atoms with Crippen LogP contribution in [-0.2, 0) is 16.1 Å². The molecular formula is C19H19F2NO3. The topological polar surface area (TPSA) is 57.6 Å². The second-order valence-electron chi connectivity index (χ2n) is 5.82. The fourth-order valence-corrected chi connectivity index (χ4v) is 2.62. The van der Waals surface area contributed by atoms with Crippen molar-refractivity contribution in [1.82, 2.24) is 4.90 Å². The quantitative estimate of drug-likeness (QED) is 0.869. The van der Waals surface area contributed by atoms with Crippen LogP contribution in [0.1, 0.15) is 30.9 Å². The average molecular weight is 347 g/mol. The molecule has 2 unspecified atom stereocenters. The number of carboxylic acid groups (broad SMARTS) is 1. The van der Waals surface area contributed by atoms with Crippen LogP contribution in [0.25, 0.3) is 0 Å². The van der Waals surface area contributed by atoms with Crippen molar-refractivity contribution >= 4 is 11.9 Å². The molecule has 0 saturated heterocycles. The Labute approximate surface area is 144 Å². The molecule has 0 aromatic heterocycles. The monoisotopic (exact) mass is 347 g/mol. The van der Waals surface area contributed by atoms with E-state index in [1.165, 1.54) is 19.9 Å². The highest BCUT2D eigenvalue weighted by molar-refractivity contribution is 5.87. The molecule has 4 nitrogen and oxygen atoms in total. The molecule has 6 heteroatoms. The standard InChI is InChI=1S/C19H19F2NO3/c1-12(17-15(20)9-6-10-16(17)21)18(23)22(13(2)19(24)25)11-14-7-4-3-5-8-14/h3-10,12-13H,11H2,1-2H3,(H,24,25). The van der Waals surface area contributed by atoms with Crippen molar-refractivity contribution in [2.75, 3.05) is 0 Å². The van der Waals surface area contributed by atoms with Gasteiger partial charge >= 0.3 is 5.97 Å². The molecule has 0 aliphatic carbocycles. The summed E-state index contributed by atoms with van der Waals surface area (Å²) in [6, 6.07) is 11.1. The summed E-state index contributed by atoms with van der Waals surface area (Å²) in [6.45, 7) is 2.78. The lowest BCUT2D eigenvalue weighted by atomic mass is 9.97. The number of rotatable bonds is 6. The average Bonchev–Trinajstić information content (AvgIpc) is 2.59. The Morgan fingerprint density at radius 1 is 1.00 bits per heavy atom. The van der Waals surface area contributed by atoms with Gasteiger partial charge in [0, 0.05) is 12.1 Å². The molecule has 0 saturated carbocycles. The van der Waals surface area contributed by atoms with Gasteiger partial charge < -0.3 is 10.0 Å². The van der Waals surface area contributed by atoms with Crippen molar-refractivity contribution in [3.05, 3.63) is 71.3 Å². The Morgan fingerprint density at radius 2 is 1.56 bits per heavy atom. The van der Waals surface area contributed by atoms with Gasteiger partial charge in [-0.1, -0.05) is 36.4 Å². The van der Waals surface area contributed by atoms with Gasteiger partial charge in [-0.3, -0.25) is 4.79 Å². The third-order valence-electron chi connectivity index (χ3n) is 4.11. The molecular weight excluding hydrogens is 328 g/mol. The fraction of sp³-hybridized carbons (Fsp3) is 0.263. The maximum absolute atomic E-state index is 14.0. The first-order valence-electron chi connectivity index (χ1n) is 7.84. The van der Waals surface area contributed by atoms with Crippen LogP contribution in [0.2, 0.25) is 0 Å². The third-order valence-corrected chi connectivity index (χ3v) is 4.11. The van der Waals surface area contributed by atoms with Gasteiger partial charge in [0.25, 0.3) is 0 Å². The summed E-state index contributed by atoms with van der Waals surface area (Å²) in [5.74, 6) is -4.65. The molecule has 1 N–H and O–H groups in total. The third kappa shape index (κ3) is 4.21. The first-order chi connectivity index (χ1) is 11.8. The molecule has 2 rings (SSSR count). The lowest BCUT2D eigenvalue weighted by Crippen LogP contribution is -2.44. The highest BCUT2D eigenvalue weighted by atomic mass is 19.1. The zero-order valence-electron chi connectivity index (χ0n) is 13.9. The van der Waals surface area contributed by atoms with Gasteiger partial charge in [0.15, 0.2) is 0 Å². The van der Waals surface area contributed by atoms with Crippen LogP contribution in [0.15, 0.2) is 48.5 Å². The number of carbonyl (C=O) groups excluding carboxylic acids is 1. The van der Waals surface area contributed by atoms with Crippen LogP contribution >= 0.6 is 0 Å². The summed E-state index contributed by atoms with van der Waals surface area (Å²) in [7, 11) is 0. The van der Waals surface area contributed by atoms with Crippen molar-refractivity contribution in [1.29, 1.82) is 0 Å². The van der Waals surface area contributed by atoms with Gasteiger partial charge in [-0.2, -0.15) is 0 Å². The van der Waals surface area contributed by atoms with Crippen LogP contribution in [0.3, 0.4) is 0 Å². The zero-order valence-corrected chi connectivity index (χ0v) is 13.9. The number of hydrogen-bond acceptors (Lipinski definition) is 2. The van der Waals surface area contributed by atoms with Crippen molar-refractivity contribution in [2.45, 2.75) is 32.4 Å². The molecule has 2 atom stereocenters. The van der Waals surface area contributed by atoms with E-state index in [0.717, 1.165) is 22.6 Å². The van der Waals surface area contributed by atoms with E-state index in [0.29, 0.717) is 0 Å². The number of halogens is 2. The van der Waals surface area contributed by atoms with Crippen LogP contribution < -0.4 is 0 Å². The maximum Gasteiger partial charge on any atom is 0.326 e. The van der Waals surface area contributed by atoms with Gasteiger partial charge in [0.1, 0.15) is 17.7 Å². The smallest absolute Gasteiger partial charge is 0.326 e. The SMILES string of the molecule is CC(C(=O)N(Cc1ccccc1)C(C)C(=O)O)c1c(F)cccc1F. The number of nitrogens with zero attached hydrogens (tertiary/aromatic N) is 1. The second-order valence-corrected chi connectivity index (χ2v) is 5.82. The van der Waals surface area contributed by atoms with Crippen molar-refractivity contribution in [3.63, 3.8) is 0 Å². The predicted octanol–water partition coefficient (Wildman–Crippen LogP) is 3.57. The predicted molar refractivity (Wildman–Crippen MR) is 88.9 cm³/mol. The van der Waals surface area contributed by atoms with Crippen LogP contribution in [0, 0.1) is 11.6 Å². The van der Waals surface area contributed by atoms with Gasteiger partial charge in [-0.25, -0.2) is 13.6 Å². The molecule has 132 valence electrons. The van der Waals surface area contributed by atoms with Gasteiger partial charge in [0.2, 0.25) is 5.91 Å². The molecule has 1 amide bonds. The summed E-state index contributed by atoms with van der Waals surface area (Å²) in [5, 5.41) is 9.30. The number of amides is 1. The molecule has 2 aromatic carbocycles. The Morgan fingerprint density at radius 3 is 2.08 bits per heavy atom. The summed E-state index contributed by atoms with van der Waals surface area (Å²) in [5.41, 5.74) is 0.369. The van der Waals surface area contributed by atoms with E-state index in [1.807, 2.05) is 0 Å². The molecule has 0 fully saturated rings. The first-order valence-corrected chi connectivity index (χ1v) is 7.84. The molecule has 0 spiro atoms. The largest absolute Gasteiger partial charge is 0.480 e. The number of benzene rings is 2. The highest BCUT2D eigenvalue weighted by Gasteiger charge is 2.32. The molecule has 0 bridgehead atoms. The van der Waals surface area contributed by atoms with Gasteiger partial charge in [-0.05, 0) is 31.5 Å². The normalized spacial score (nSPS) is 13.1. The Bertz CT molecular complexity index is 744. The molecule has 0 aliphatic rings. The number of carboxylic acids is 1. The number of carbonyl (C=O) groups is 2. The molecule has 2 aromatic rings. The summed E-state index contributed by atoms with van der Waals surface area (Å²) in [6.07, 6.45) is 0. The van der Waals surface area contributed by atoms with Crippen LogP contribution in [0.4, 0.5) is 8.78 Å². The molecule has 0 heterocycles. The van der Waals surface area contributed by atoms with E-state index < -0.39 is 35.5 Å². The number of aliphatic carboxylic acids is 1. The maximum atomic E-state index is 14.0. The summed E-state index contributed by atoms with van der Waals surface area (Å²) >= 11 is 0. The Kier molecular flexibility index (Phi) is 5.85.